The molecule has 1 rings (SSSR count). The van der Waals surface area contributed by atoms with Gasteiger partial charge in [-0.3, -0.25) is 4.79 Å². The summed E-state index contributed by atoms with van der Waals surface area (Å²) in [7, 11) is -4.46. The maximum absolute atomic E-state index is 13.2. The SMILES string of the molecule is CC(=O)c1cc(S(=O)(=O)NCC(F)(F)F)ccc1F. The van der Waals surface area contributed by atoms with Crippen LogP contribution in [0.2, 0.25) is 0 Å². The third-order valence-corrected chi connectivity index (χ3v) is 3.49. The number of halogens is 4. The Kier molecular flexibility index (Phi) is 4.31. The maximum Gasteiger partial charge on any atom is 0.402 e. The molecule has 1 N–H and O–H groups in total. The Labute approximate surface area is 106 Å². The van der Waals surface area contributed by atoms with Crippen molar-refractivity contribution in [1.82, 2.24) is 4.72 Å². The molecular weight excluding hydrogens is 290 g/mol. The van der Waals surface area contributed by atoms with Crippen LogP contribution in [0.4, 0.5) is 17.6 Å². The van der Waals surface area contributed by atoms with E-state index in [4.69, 9.17) is 0 Å². The van der Waals surface area contributed by atoms with E-state index in [2.05, 4.69) is 0 Å². The summed E-state index contributed by atoms with van der Waals surface area (Å²) in [5, 5.41) is 0. The van der Waals surface area contributed by atoms with E-state index in [-0.39, 0.29) is 0 Å². The van der Waals surface area contributed by atoms with Crippen LogP contribution in [0.15, 0.2) is 23.1 Å². The second-order valence-electron chi connectivity index (χ2n) is 3.64. The average molecular weight is 299 g/mol. The van der Waals surface area contributed by atoms with Crippen LogP contribution in [0.1, 0.15) is 17.3 Å². The Balaban J connectivity index is 3.09. The molecule has 0 spiro atoms. The number of carbonyl (C=O) groups excluding carboxylic acids is 1. The van der Waals surface area contributed by atoms with Crippen molar-refractivity contribution in [3.63, 3.8) is 0 Å². The van der Waals surface area contributed by atoms with Crippen molar-refractivity contribution in [3.05, 3.63) is 29.6 Å². The molecule has 0 radical (unpaired) electrons. The van der Waals surface area contributed by atoms with E-state index in [9.17, 15) is 30.8 Å². The molecule has 19 heavy (non-hydrogen) atoms. The van der Waals surface area contributed by atoms with E-state index in [1.165, 1.54) is 4.72 Å². The van der Waals surface area contributed by atoms with Crippen LogP contribution < -0.4 is 4.72 Å². The zero-order chi connectivity index (χ0) is 14.8. The van der Waals surface area contributed by atoms with Gasteiger partial charge in [0.15, 0.2) is 5.78 Å². The standard InChI is InChI=1S/C10H9F4NO3S/c1-6(16)8-4-7(2-3-9(8)11)19(17,18)15-5-10(12,13)14/h2-4,15H,5H2,1H3. The van der Waals surface area contributed by atoms with Gasteiger partial charge < -0.3 is 0 Å². The highest BCUT2D eigenvalue weighted by molar-refractivity contribution is 7.89. The highest BCUT2D eigenvalue weighted by Crippen LogP contribution is 2.18. The Hall–Kier alpha value is -1.48. The fourth-order valence-corrected chi connectivity index (χ4v) is 2.24. The van der Waals surface area contributed by atoms with Crippen LogP contribution in [0.25, 0.3) is 0 Å². The van der Waals surface area contributed by atoms with Gasteiger partial charge in [0.05, 0.1) is 10.5 Å². The second kappa shape index (κ2) is 5.25. The zero-order valence-electron chi connectivity index (χ0n) is 9.58. The molecule has 0 bridgehead atoms. The van der Waals surface area contributed by atoms with E-state index in [1.807, 2.05) is 0 Å². The van der Waals surface area contributed by atoms with Crippen molar-refractivity contribution in [3.8, 4) is 0 Å². The van der Waals surface area contributed by atoms with Crippen molar-refractivity contribution in [2.75, 3.05) is 6.54 Å². The van der Waals surface area contributed by atoms with Gasteiger partial charge in [0.2, 0.25) is 10.0 Å². The number of hydrogen-bond acceptors (Lipinski definition) is 3. The van der Waals surface area contributed by atoms with Crippen LogP contribution in [0, 0.1) is 5.82 Å². The minimum Gasteiger partial charge on any atom is -0.294 e. The van der Waals surface area contributed by atoms with Crippen LogP contribution in [0.3, 0.4) is 0 Å². The fraction of sp³-hybridized carbons (Fsp3) is 0.300. The number of benzene rings is 1. The summed E-state index contributed by atoms with van der Waals surface area (Å²) < 4.78 is 73.3. The first-order chi connectivity index (χ1) is 8.53. The van der Waals surface area contributed by atoms with Gasteiger partial charge in [-0.2, -0.15) is 13.2 Å². The first kappa shape index (κ1) is 15.6. The van der Waals surface area contributed by atoms with Crippen LogP contribution in [0.5, 0.6) is 0 Å². The third-order valence-electron chi connectivity index (χ3n) is 2.09. The zero-order valence-corrected chi connectivity index (χ0v) is 10.4. The Bertz CT molecular complexity index is 595. The molecule has 0 aliphatic rings. The lowest BCUT2D eigenvalue weighted by atomic mass is 10.1. The molecule has 0 unspecified atom stereocenters. The highest BCUT2D eigenvalue weighted by atomic mass is 32.2. The number of rotatable bonds is 4. The summed E-state index contributed by atoms with van der Waals surface area (Å²) in [6.45, 7) is -0.736. The summed E-state index contributed by atoms with van der Waals surface area (Å²) in [5.74, 6) is -1.67. The van der Waals surface area contributed by atoms with Gasteiger partial charge >= 0.3 is 6.18 Å². The first-order valence-corrected chi connectivity index (χ1v) is 6.38. The average Bonchev–Trinajstić information content (AvgIpc) is 2.25. The Morgan fingerprint density at radius 3 is 2.37 bits per heavy atom. The predicted molar refractivity (Wildman–Crippen MR) is 57.6 cm³/mol. The quantitative estimate of drug-likeness (QED) is 0.682. The summed E-state index contributed by atoms with van der Waals surface area (Å²) in [6.07, 6.45) is -4.71. The molecule has 4 nitrogen and oxygen atoms in total. The largest absolute Gasteiger partial charge is 0.402 e. The fourth-order valence-electron chi connectivity index (χ4n) is 1.20. The number of nitrogens with one attached hydrogen (secondary N) is 1. The lowest BCUT2D eigenvalue weighted by molar-refractivity contribution is -0.121. The highest BCUT2D eigenvalue weighted by Gasteiger charge is 2.30. The third kappa shape index (κ3) is 4.28. The number of sulfonamides is 1. The van der Waals surface area contributed by atoms with Gasteiger partial charge in [0.25, 0.3) is 0 Å². The molecule has 106 valence electrons. The number of hydrogen-bond donors (Lipinski definition) is 1. The molecule has 0 fully saturated rings. The van der Waals surface area contributed by atoms with Gasteiger partial charge in [0, 0.05) is 0 Å². The van der Waals surface area contributed by atoms with Crippen LogP contribution in [-0.2, 0) is 10.0 Å². The summed E-state index contributed by atoms with van der Waals surface area (Å²) in [5.41, 5.74) is -0.505. The molecule has 0 saturated heterocycles. The lowest BCUT2D eigenvalue weighted by Gasteiger charge is -2.10. The second-order valence-corrected chi connectivity index (χ2v) is 5.40. The van der Waals surface area contributed by atoms with Gasteiger partial charge in [-0.1, -0.05) is 0 Å². The molecule has 1 aromatic carbocycles. The molecule has 1 aromatic rings. The van der Waals surface area contributed by atoms with Gasteiger partial charge in [0.1, 0.15) is 12.4 Å². The van der Waals surface area contributed by atoms with Crippen molar-refractivity contribution >= 4 is 15.8 Å². The van der Waals surface area contributed by atoms with Crippen molar-refractivity contribution in [1.29, 1.82) is 0 Å². The van der Waals surface area contributed by atoms with E-state index >= 15 is 0 Å². The minimum absolute atomic E-state index is 0.505. The van der Waals surface area contributed by atoms with Crippen molar-refractivity contribution in [2.24, 2.45) is 0 Å². The van der Waals surface area contributed by atoms with Gasteiger partial charge in [-0.05, 0) is 25.1 Å². The molecule has 0 amide bonds. The number of Topliss-reactive ketones (excluding diaryl/α,β-unsaturated/α-hetero) is 1. The van der Waals surface area contributed by atoms with Crippen LogP contribution >= 0.6 is 0 Å². The molecule has 0 saturated carbocycles. The van der Waals surface area contributed by atoms with E-state index in [1.54, 1.807) is 0 Å². The summed E-state index contributed by atoms with van der Waals surface area (Å²) >= 11 is 0. The van der Waals surface area contributed by atoms with Crippen molar-refractivity contribution in [2.45, 2.75) is 18.0 Å². The molecular formula is C10H9F4NO3S. The summed E-state index contributed by atoms with van der Waals surface area (Å²) in [6, 6.07) is 2.18. The minimum atomic E-state index is -4.71. The molecule has 0 aliphatic heterocycles. The Morgan fingerprint density at radius 2 is 1.89 bits per heavy atom. The van der Waals surface area contributed by atoms with Gasteiger partial charge in [-0.15, -0.1) is 0 Å². The smallest absolute Gasteiger partial charge is 0.294 e. The normalized spacial score (nSPS) is 12.5. The number of alkyl halides is 3. The molecule has 9 heteroatoms. The Morgan fingerprint density at radius 1 is 1.32 bits per heavy atom. The molecule has 0 aliphatic carbocycles. The molecule has 0 aromatic heterocycles. The molecule has 0 atom stereocenters. The van der Waals surface area contributed by atoms with E-state index < -0.39 is 44.8 Å². The van der Waals surface area contributed by atoms with E-state index in [0.717, 1.165) is 13.0 Å². The topological polar surface area (TPSA) is 63.2 Å². The number of carbonyl (C=O) groups is 1. The summed E-state index contributed by atoms with van der Waals surface area (Å²) in [4.78, 5) is 10.4. The monoisotopic (exact) mass is 299 g/mol. The predicted octanol–water partition coefficient (Wildman–Crippen LogP) is 1.87. The molecule has 0 heterocycles. The van der Waals surface area contributed by atoms with Crippen molar-refractivity contribution < 1.29 is 30.8 Å². The van der Waals surface area contributed by atoms with Crippen LogP contribution in [-0.4, -0.2) is 26.9 Å². The first-order valence-electron chi connectivity index (χ1n) is 4.90. The van der Waals surface area contributed by atoms with Gasteiger partial charge in [-0.25, -0.2) is 17.5 Å². The number of ketones is 1. The lowest BCUT2D eigenvalue weighted by Crippen LogP contribution is -2.33. The van der Waals surface area contributed by atoms with E-state index in [0.29, 0.717) is 12.1 Å². The maximum atomic E-state index is 13.2.